The maximum Gasteiger partial charge on any atom is 0.159 e. The summed E-state index contributed by atoms with van der Waals surface area (Å²) in [5.41, 5.74) is 1.70. The zero-order valence-corrected chi connectivity index (χ0v) is 11.5. The molecule has 0 amide bonds. The first-order valence-electron chi connectivity index (χ1n) is 6.44. The number of nitrogens with one attached hydrogen (secondary N) is 1. The fraction of sp³-hybridized carbons (Fsp3) is 0.250. The molecular weight excluding hydrogens is 260 g/mol. The quantitative estimate of drug-likeness (QED) is 0.897. The minimum atomic E-state index is -0.858. The highest BCUT2D eigenvalue weighted by molar-refractivity contribution is 5.30. The first kappa shape index (κ1) is 14.5. The van der Waals surface area contributed by atoms with Gasteiger partial charge < -0.3 is 10.1 Å². The zero-order chi connectivity index (χ0) is 14.5. The van der Waals surface area contributed by atoms with Gasteiger partial charge in [0, 0.05) is 6.04 Å². The minimum absolute atomic E-state index is 0.203. The van der Waals surface area contributed by atoms with E-state index in [2.05, 4.69) is 12.2 Å². The summed E-state index contributed by atoms with van der Waals surface area (Å²) in [6.45, 7) is 2.25. The predicted octanol–water partition coefficient (Wildman–Crippen LogP) is 3.82. The van der Waals surface area contributed by atoms with Crippen LogP contribution in [-0.4, -0.2) is 7.05 Å². The second kappa shape index (κ2) is 6.48. The lowest BCUT2D eigenvalue weighted by Crippen LogP contribution is -2.12. The summed E-state index contributed by atoms with van der Waals surface area (Å²) >= 11 is 0. The number of hydrogen-bond donors (Lipinski definition) is 1. The summed E-state index contributed by atoms with van der Waals surface area (Å²) in [5.74, 6) is -1.00. The van der Waals surface area contributed by atoms with E-state index in [0.717, 1.165) is 17.7 Å². The van der Waals surface area contributed by atoms with Gasteiger partial charge in [-0.25, -0.2) is 8.78 Å². The highest BCUT2D eigenvalue weighted by Gasteiger charge is 2.05. The summed E-state index contributed by atoms with van der Waals surface area (Å²) in [6.07, 6.45) is 0. The SMILES string of the molecule is CNC(C)c1cccc(OCc2ccc(F)c(F)c2)c1. The van der Waals surface area contributed by atoms with Crippen LogP contribution in [0, 0.1) is 11.6 Å². The van der Waals surface area contributed by atoms with Crippen molar-refractivity contribution < 1.29 is 13.5 Å². The number of halogens is 2. The van der Waals surface area contributed by atoms with Gasteiger partial charge in [-0.3, -0.25) is 0 Å². The fourth-order valence-corrected chi connectivity index (χ4v) is 1.84. The van der Waals surface area contributed by atoms with E-state index in [1.807, 2.05) is 31.3 Å². The van der Waals surface area contributed by atoms with Crippen molar-refractivity contribution in [2.75, 3.05) is 7.05 Å². The van der Waals surface area contributed by atoms with Gasteiger partial charge in [0.15, 0.2) is 11.6 Å². The van der Waals surface area contributed by atoms with E-state index in [1.165, 1.54) is 6.07 Å². The second-order valence-corrected chi connectivity index (χ2v) is 4.62. The van der Waals surface area contributed by atoms with Crippen molar-refractivity contribution in [3.63, 3.8) is 0 Å². The molecule has 0 aliphatic heterocycles. The number of ether oxygens (including phenoxy) is 1. The number of benzene rings is 2. The summed E-state index contributed by atoms with van der Waals surface area (Å²) < 4.78 is 31.5. The molecule has 1 atom stereocenters. The first-order chi connectivity index (χ1) is 9.60. The Bertz CT molecular complexity index is 586. The van der Waals surface area contributed by atoms with E-state index in [9.17, 15) is 8.78 Å². The van der Waals surface area contributed by atoms with E-state index >= 15 is 0 Å². The molecule has 4 heteroatoms. The second-order valence-electron chi connectivity index (χ2n) is 4.62. The Morgan fingerprint density at radius 1 is 1.10 bits per heavy atom. The maximum atomic E-state index is 13.1. The van der Waals surface area contributed by atoms with Crippen LogP contribution >= 0.6 is 0 Å². The van der Waals surface area contributed by atoms with Gasteiger partial charge in [-0.2, -0.15) is 0 Å². The van der Waals surface area contributed by atoms with Gasteiger partial charge in [0.1, 0.15) is 12.4 Å². The standard InChI is InChI=1S/C16H17F2NO/c1-11(19-2)13-4-3-5-14(9-13)20-10-12-6-7-15(17)16(18)8-12/h3-9,11,19H,10H2,1-2H3. The van der Waals surface area contributed by atoms with E-state index in [0.29, 0.717) is 11.3 Å². The summed E-state index contributed by atoms with van der Waals surface area (Å²) in [6, 6.07) is 11.7. The van der Waals surface area contributed by atoms with Gasteiger partial charge in [-0.1, -0.05) is 18.2 Å². The number of rotatable bonds is 5. The molecule has 0 radical (unpaired) electrons. The van der Waals surface area contributed by atoms with Gasteiger partial charge in [0.2, 0.25) is 0 Å². The third kappa shape index (κ3) is 3.54. The van der Waals surface area contributed by atoms with Gasteiger partial charge in [0.25, 0.3) is 0 Å². The van der Waals surface area contributed by atoms with E-state index in [4.69, 9.17) is 4.74 Å². The molecular formula is C16H17F2NO. The Labute approximate surface area is 117 Å². The molecule has 0 heterocycles. The van der Waals surface area contributed by atoms with E-state index < -0.39 is 11.6 Å². The molecule has 0 aliphatic carbocycles. The van der Waals surface area contributed by atoms with Crippen molar-refractivity contribution in [1.82, 2.24) is 5.32 Å². The van der Waals surface area contributed by atoms with Crippen LogP contribution in [0.15, 0.2) is 42.5 Å². The van der Waals surface area contributed by atoms with Crippen LogP contribution in [0.2, 0.25) is 0 Å². The summed E-state index contributed by atoms with van der Waals surface area (Å²) in [4.78, 5) is 0. The highest BCUT2D eigenvalue weighted by atomic mass is 19.2. The molecule has 2 nitrogen and oxygen atoms in total. The van der Waals surface area contributed by atoms with Crippen molar-refractivity contribution in [1.29, 1.82) is 0 Å². The molecule has 0 aliphatic rings. The molecule has 1 N–H and O–H groups in total. The number of hydrogen-bond acceptors (Lipinski definition) is 2. The predicted molar refractivity (Wildman–Crippen MR) is 74.6 cm³/mol. The largest absolute Gasteiger partial charge is 0.489 e. The molecule has 0 aromatic heterocycles. The highest BCUT2D eigenvalue weighted by Crippen LogP contribution is 2.20. The summed E-state index contributed by atoms with van der Waals surface area (Å²) in [5, 5.41) is 3.15. The molecule has 106 valence electrons. The monoisotopic (exact) mass is 277 g/mol. The van der Waals surface area contributed by atoms with Crippen LogP contribution in [0.1, 0.15) is 24.1 Å². The topological polar surface area (TPSA) is 21.3 Å². The first-order valence-corrected chi connectivity index (χ1v) is 6.44. The van der Waals surface area contributed by atoms with Crippen molar-refractivity contribution >= 4 is 0 Å². The Balaban J connectivity index is 2.05. The van der Waals surface area contributed by atoms with Crippen molar-refractivity contribution in [3.05, 3.63) is 65.2 Å². The summed E-state index contributed by atoms with van der Waals surface area (Å²) in [7, 11) is 1.89. The van der Waals surface area contributed by atoms with Gasteiger partial charge in [-0.15, -0.1) is 0 Å². The van der Waals surface area contributed by atoms with E-state index in [1.54, 1.807) is 0 Å². The lowest BCUT2D eigenvalue weighted by atomic mass is 10.1. The molecule has 0 saturated carbocycles. The minimum Gasteiger partial charge on any atom is -0.489 e. The van der Waals surface area contributed by atoms with Crippen LogP contribution in [0.4, 0.5) is 8.78 Å². The van der Waals surface area contributed by atoms with Crippen LogP contribution in [-0.2, 0) is 6.61 Å². The lowest BCUT2D eigenvalue weighted by Gasteiger charge is -2.13. The Morgan fingerprint density at radius 2 is 1.90 bits per heavy atom. The van der Waals surface area contributed by atoms with Crippen molar-refractivity contribution in [2.24, 2.45) is 0 Å². The molecule has 0 fully saturated rings. The van der Waals surface area contributed by atoms with Crippen LogP contribution in [0.3, 0.4) is 0 Å². The van der Waals surface area contributed by atoms with Gasteiger partial charge >= 0.3 is 0 Å². The zero-order valence-electron chi connectivity index (χ0n) is 11.5. The molecule has 20 heavy (non-hydrogen) atoms. The third-order valence-corrected chi connectivity index (χ3v) is 3.18. The van der Waals surface area contributed by atoms with Crippen LogP contribution < -0.4 is 10.1 Å². The molecule has 2 aromatic carbocycles. The fourth-order valence-electron chi connectivity index (χ4n) is 1.84. The van der Waals surface area contributed by atoms with Crippen LogP contribution in [0.25, 0.3) is 0 Å². The maximum absolute atomic E-state index is 13.1. The normalized spacial score (nSPS) is 12.2. The van der Waals surface area contributed by atoms with Gasteiger partial charge in [-0.05, 0) is 49.4 Å². The van der Waals surface area contributed by atoms with E-state index in [-0.39, 0.29) is 12.6 Å². The Kier molecular flexibility index (Phi) is 4.69. The molecule has 0 bridgehead atoms. The molecule has 0 saturated heterocycles. The Hall–Kier alpha value is -1.94. The lowest BCUT2D eigenvalue weighted by molar-refractivity contribution is 0.304. The molecule has 2 rings (SSSR count). The average molecular weight is 277 g/mol. The molecule has 0 spiro atoms. The molecule has 1 unspecified atom stereocenters. The van der Waals surface area contributed by atoms with Crippen molar-refractivity contribution in [3.8, 4) is 5.75 Å². The third-order valence-electron chi connectivity index (χ3n) is 3.18. The van der Waals surface area contributed by atoms with Crippen molar-refractivity contribution in [2.45, 2.75) is 19.6 Å². The van der Waals surface area contributed by atoms with Crippen LogP contribution in [0.5, 0.6) is 5.75 Å². The average Bonchev–Trinajstić information content (AvgIpc) is 2.48. The molecule has 2 aromatic rings. The Morgan fingerprint density at radius 3 is 2.60 bits per heavy atom. The van der Waals surface area contributed by atoms with Gasteiger partial charge in [0.05, 0.1) is 0 Å². The smallest absolute Gasteiger partial charge is 0.159 e.